The van der Waals surface area contributed by atoms with E-state index in [-0.39, 0.29) is 12.3 Å². The van der Waals surface area contributed by atoms with E-state index < -0.39 is 5.97 Å². The quantitative estimate of drug-likeness (QED) is 0.459. The van der Waals surface area contributed by atoms with Crippen LogP contribution in [0.1, 0.15) is 48.8 Å². The van der Waals surface area contributed by atoms with Gasteiger partial charge in [0.25, 0.3) is 0 Å². The van der Waals surface area contributed by atoms with Gasteiger partial charge in [0.2, 0.25) is 5.91 Å². The molecule has 21 heavy (non-hydrogen) atoms. The maximum Gasteiger partial charge on any atom is 0.303 e. The van der Waals surface area contributed by atoms with Crippen molar-refractivity contribution in [3.8, 4) is 0 Å². The summed E-state index contributed by atoms with van der Waals surface area (Å²) in [5.74, 6) is -1.01. The molecule has 1 aliphatic carbocycles. The number of aryl methyl sites for hydroxylation is 2. The SMILES string of the molecule is O=C(O)CCCCC(=O)NN=Cc1ccc2c(c1)CCC2. The number of rotatable bonds is 7. The molecule has 1 aromatic rings. The summed E-state index contributed by atoms with van der Waals surface area (Å²) in [5.41, 5.74) is 6.24. The van der Waals surface area contributed by atoms with Crippen LogP contribution in [-0.2, 0) is 22.4 Å². The normalized spacial score (nSPS) is 13.3. The zero-order valence-corrected chi connectivity index (χ0v) is 12.0. The number of unbranched alkanes of at least 4 members (excludes halogenated alkanes) is 1. The third-order valence-electron chi connectivity index (χ3n) is 3.57. The molecule has 2 N–H and O–H groups in total. The summed E-state index contributed by atoms with van der Waals surface area (Å²) in [6.45, 7) is 0. The number of fused-ring (bicyclic) bond motifs is 1. The number of carbonyl (C=O) groups is 2. The average Bonchev–Trinajstić information content (AvgIpc) is 2.91. The molecular weight excluding hydrogens is 268 g/mol. The Kier molecular flexibility index (Phi) is 5.49. The minimum absolute atomic E-state index is 0.103. The lowest BCUT2D eigenvalue weighted by molar-refractivity contribution is -0.137. The minimum Gasteiger partial charge on any atom is -0.481 e. The molecule has 0 fully saturated rings. The summed E-state index contributed by atoms with van der Waals surface area (Å²) in [5, 5.41) is 12.4. The molecule has 0 unspecified atom stereocenters. The summed E-state index contributed by atoms with van der Waals surface area (Å²) in [7, 11) is 0. The minimum atomic E-state index is -0.829. The number of carbonyl (C=O) groups excluding carboxylic acids is 1. The summed E-state index contributed by atoms with van der Waals surface area (Å²) in [6, 6.07) is 6.24. The van der Waals surface area contributed by atoms with Gasteiger partial charge in [-0.25, -0.2) is 5.43 Å². The summed E-state index contributed by atoms with van der Waals surface area (Å²) in [4.78, 5) is 21.8. The van der Waals surface area contributed by atoms with Crippen molar-refractivity contribution in [2.24, 2.45) is 5.10 Å². The van der Waals surface area contributed by atoms with E-state index in [1.165, 1.54) is 17.5 Å². The van der Waals surface area contributed by atoms with Crippen molar-refractivity contribution >= 4 is 18.1 Å². The van der Waals surface area contributed by atoms with Crippen LogP contribution in [0.4, 0.5) is 0 Å². The first kappa shape index (κ1) is 15.2. The van der Waals surface area contributed by atoms with Gasteiger partial charge >= 0.3 is 5.97 Å². The van der Waals surface area contributed by atoms with Gasteiger partial charge in [-0.05, 0) is 54.9 Å². The second-order valence-corrected chi connectivity index (χ2v) is 5.28. The number of hydrazone groups is 1. The number of hydrogen-bond donors (Lipinski definition) is 2. The Labute approximate surface area is 124 Å². The number of aliphatic carboxylic acids is 1. The van der Waals surface area contributed by atoms with Gasteiger partial charge in [0.1, 0.15) is 0 Å². The predicted molar refractivity (Wildman–Crippen MR) is 80.3 cm³/mol. The molecule has 0 atom stereocenters. The standard InChI is InChI=1S/C16H20N2O3/c19-15(6-1-2-7-16(20)21)18-17-11-12-8-9-13-4-3-5-14(13)10-12/h8-11H,1-7H2,(H,18,19)(H,20,21). The van der Waals surface area contributed by atoms with E-state index in [4.69, 9.17) is 5.11 Å². The van der Waals surface area contributed by atoms with Crippen LogP contribution in [-0.4, -0.2) is 23.2 Å². The molecule has 0 bridgehead atoms. The van der Waals surface area contributed by atoms with Crippen molar-refractivity contribution in [3.63, 3.8) is 0 Å². The maximum absolute atomic E-state index is 11.5. The molecule has 0 heterocycles. The van der Waals surface area contributed by atoms with Crippen LogP contribution in [0.3, 0.4) is 0 Å². The third-order valence-corrected chi connectivity index (χ3v) is 3.57. The summed E-state index contributed by atoms with van der Waals surface area (Å²) in [6.07, 6.45) is 6.60. The topological polar surface area (TPSA) is 78.8 Å². The van der Waals surface area contributed by atoms with Gasteiger partial charge in [0.15, 0.2) is 0 Å². The third kappa shape index (κ3) is 5.02. The van der Waals surface area contributed by atoms with Gasteiger partial charge < -0.3 is 5.11 Å². The molecule has 5 nitrogen and oxygen atoms in total. The van der Waals surface area contributed by atoms with Crippen molar-refractivity contribution in [2.75, 3.05) is 0 Å². The monoisotopic (exact) mass is 288 g/mol. The fourth-order valence-corrected chi connectivity index (χ4v) is 2.47. The lowest BCUT2D eigenvalue weighted by atomic mass is 10.1. The molecule has 1 aliphatic rings. The number of carboxylic acid groups (broad SMARTS) is 1. The predicted octanol–water partition coefficient (Wildman–Crippen LogP) is 2.27. The largest absolute Gasteiger partial charge is 0.481 e. The van der Waals surface area contributed by atoms with E-state index >= 15 is 0 Å². The fraction of sp³-hybridized carbons (Fsp3) is 0.438. The Morgan fingerprint density at radius 2 is 1.95 bits per heavy atom. The maximum atomic E-state index is 11.5. The first-order chi connectivity index (χ1) is 10.1. The van der Waals surface area contributed by atoms with Crippen LogP contribution in [0, 0.1) is 0 Å². The first-order valence-corrected chi connectivity index (χ1v) is 7.30. The Morgan fingerprint density at radius 1 is 1.19 bits per heavy atom. The molecular formula is C16H20N2O3. The Balaban J connectivity index is 1.72. The lowest BCUT2D eigenvalue weighted by Crippen LogP contribution is -2.17. The van der Waals surface area contributed by atoms with Crippen LogP contribution < -0.4 is 5.43 Å². The first-order valence-electron chi connectivity index (χ1n) is 7.30. The van der Waals surface area contributed by atoms with E-state index in [0.717, 1.165) is 18.4 Å². The van der Waals surface area contributed by atoms with Crippen molar-refractivity contribution in [1.82, 2.24) is 5.43 Å². The smallest absolute Gasteiger partial charge is 0.303 e. The molecule has 5 heteroatoms. The van der Waals surface area contributed by atoms with Crippen molar-refractivity contribution in [1.29, 1.82) is 0 Å². The number of benzene rings is 1. The van der Waals surface area contributed by atoms with E-state index in [1.807, 2.05) is 6.07 Å². The van der Waals surface area contributed by atoms with E-state index in [1.54, 1.807) is 6.21 Å². The van der Waals surface area contributed by atoms with Gasteiger partial charge in [0, 0.05) is 12.8 Å². The average molecular weight is 288 g/mol. The summed E-state index contributed by atoms with van der Waals surface area (Å²) >= 11 is 0. The van der Waals surface area contributed by atoms with Crippen molar-refractivity contribution in [2.45, 2.75) is 44.9 Å². The number of hydrogen-bond acceptors (Lipinski definition) is 3. The lowest BCUT2D eigenvalue weighted by Gasteiger charge is -2.01. The Hall–Kier alpha value is -2.17. The van der Waals surface area contributed by atoms with Crippen LogP contribution in [0.5, 0.6) is 0 Å². The highest BCUT2D eigenvalue weighted by Crippen LogP contribution is 2.22. The van der Waals surface area contributed by atoms with Crippen LogP contribution in [0.15, 0.2) is 23.3 Å². The van der Waals surface area contributed by atoms with E-state index in [0.29, 0.717) is 19.3 Å². The van der Waals surface area contributed by atoms with Crippen LogP contribution >= 0.6 is 0 Å². The molecule has 0 radical (unpaired) electrons. The highest BCUT2D eigenvalue weighted by Gasteiger charge is 2.09. The number of amides is 1. The molecule has 0 aromatic heterocycles. The highest BCUT2D eigenvalue weighted by molar-refractivity contribution is 5.82. The number of nitrogens with one attached hydrogen (secondary N) is 1. The molecule has 0 saturated heterocycles. The van der Waals surface area contributed by atoms with Crippen LogP contribution in [0.2, 0.25) is 0 Å². The van der Waals surface area contributed by atoms with Crippen LogP contribution in [0.25, 0.3) is 0 Å². The zero-order valence-electron chi connectivity index (χ0n) is 12.0. The fourth-order valence-electron chi connectivity index (χ4n) is 2.47. The Morgan fingerprint density at radius 3 is 2.76 bits per heavy atom. The van der Waals surface area contributed by atoms with Crippen molar-refractivity contribution < 1.29 is 14.7 Å². The van der Waals surface area contributed by atoms with E-state index in [9.17, 15) is 9.59 Å². The molecule has 1 aromatic carbocycles. The number of carboxylic acids is 1. The second kappa shape index (κ2) is 7.57. The van der Waals surface area contributed by atoms with Gasteiger partial charge in [0.05, 0.1) is 6.21 Å². The second-order valence-electron chi connectivity index (χ2n) is 5.28. The molecule has 2 rings (SSSR count). The molecule has 1 amide bonds. The van der Waals surface area contributed by atoms with Crippen molar-refractivity contribution in [3.05, 3.63) is 34.9 Å². The highest BCUT2D eigenvalue weighted by atomic mass is 16.4. The van der Waals surface area contributed by atoms with Gasteiger partial charge in [-0.1, -0.05) is 12.1 Å². The molecule has 0 spiro atoms. The molecule has 0 aliphatic heterocycles. The molecule has 0 saturated carbocycles. The molecule has 112 valence electrons. The van der Waals surface area contributed by atoms with Gasteiger partial charge in [-0.15, -0.1) is 0 Å². The number of nitrogens with zero attached hydrogens (tertiary/aromatic N) is 1. The summed E-state index contributed by atoms with van der Waals surface area (Å²) < 4.78 is 0. The van der Waals surface area contributed by atoms with E-state index in [2.05, 4.69) is 22.7 Å². The van der Waals surface area contributed by atoms with Gasteiger partial charge in [-0.3, -0.25) is 9.59 Å². The Bertz CT molecular complexity index is 552. The zero-order chi connectivity index (χ0) is 15.1. The van der Waals surface area contributed by atoms with Gasteiger partial charge in [-0.2, -0.15) is 5.10 Å².